The molecule has 1 aliphatic heterocycles. The molecule has 1 amide bonds. The molecule has 1 saturated heterocycles. The summed E-state index contributed by atoms with van der Waals surface area (Å²) >= 11 is 0. The molecule has 128 valence electrons. The molecule has 0 radical (unpaired) electrons. The molecule has 0 unspecified atom stereocenters. The van der Waals surface area contributed by atoms with E-state index in [-0.39, 0.29) is 5.92 Å². The van der Waals surface area contributed by atoms with Crippen molar-refractivity contribution in [3.8, 4) is 0 Å². The fourth-order valence-corrected chi connectivity index (χ4v) is 4.24. The minimum absolute atomic E-state index is 0.127. The van der Waals surface area contributed by atoms with E-state index in [1.54, 1.807) is 0 Å². The van der Waals surface area contributed by atoms with Crippen LogP contribution in [-0.2, 0) is 4.79 Å². The van der Waals surface area contributed by atoms with Gasteiger partial charge in [-0.3, -0.25) is 4.79 Å². The second-order valence-electron chi connectivity index (χ2n) is 7.93. The first-order valence-corrected chi connectivity index (χ1v) is 9.50. The molecule has 0 spiro atoms. The molecule has 0 N–H and O–H groups in total. The third-order valence-corrected chi connectivity index (χ3v) is 6.01. The van der Waals surface area contributed by atoms with Gasteiger partial charge < -0.3 is 9.80 Å². The lowest BCUT2D eigenvalue weighted by Gasteiger charge is -2.39. The SMILES string of the molecule is CCC1CCN(CC2CCC(N(C)C(=O)C(C)C)CC2)CC1. The van der Waals surface area contributed by atoms with Crippen molar-refractivity contribution in [3.63, 3.8) is 0 Å². The molecule has 3 nitrogen and oxygen atoms in total. The molecule has 2 aliphatic rings. The quantitative estimate of drug-likeness (QED) is 0.771. The van der Waals surface area contributed by atoms with E-state index in [1.165, 1.54) is 64.6 Å². The molecule has 2 fully saturated rings. The van der Waals surface area contributed by atoms with Crippen LogP contribution in [0.2, 0.25) is 0 Å². The highest BCUT2D eigenvalue weighted by atomic mass is 16.2. The molecule has 0 bridgehead atoms. The topological polar surface area (TPSA) is 23.6 Å². The molecule has 1 aliphatic carbocycles. The largest absolute Gasteiger partial charge is 0.343 e. The number of rotatable bonds is 5. The van der Waals surface area contributed by atoms with Crippen LogP contribution in [0.1, 0.15) is 65.7 Å². The molecule has 0 aromatic heterocycles. The zero-order valence-electron chi connectivity index (χ0n) is 15.2. The van der Waals surface area contributed by atoms with Gasteiger partial charge in [0.05, 0.1) is 0 Å². The average molecular weight is 309 g/mol. The van der Waals surface area contributed by atoms with Crippen LogP contribution in [-0.4, -0.2) is 48.4 Å². The van der Waals surface area contributed by atoms with Gasteiger partial charge in [0.25, 0.3) is 0 Å². The van der Waals surface area contributed by atoms with E-state index in [0.717, 1.165) is 11.8 Å². The second-order valence-corrected chi connectivity index (χ2v) is 7.93. The van der Waals surface area contributed by atoms with E-state index in [2.05, 4.69) is 11.8 Å². The van der Waals surface area contributed by atoms with E-state index in [1.807, 2.05) is 25.8 Å². The minimum Gasteiger partial charge on any atom is -0.343 e. The Hall–Kier alpha value is -0.570. The van der Waals surface area contributed by atoms with Crippen molar-refractivity contribution in [3.05, 3.63) is 0 Å². The predicted molar refractivity (Wildman–Crippen MR) is 92.8 cm³/mol. The number of nitrogens with zero attached hydrogens (tertiary/aromatic N) is 2. The Morgan fingerprint density at radius 2 is 1.64 bits per heavy atom. The Morgan fingerprint density at radius 3 is 2.14 bits per heavy atom. The van der Waals surface area contributed by atoms with E-state index in [9.17, 15) is 4.79 Å². The van der Waals surface area contributed by atoms with Gasteiger partial charge in [-0.05, 0) is 63.5 Å². The molecule has 0 aromatic rings. The maximum absolute atomic E-state index is 12.1. The third kappa shape index (κ3) is 4.71. The summed E-state index contributed by atoms with van der Waals surface area (Å²) < 4.78 is 0. The van der Waals surface area contributed by atoms with Crippen LogP contribution in [0.3, 0.4) is 0 Å². The van der Waals surface area contributed by atoms with E-state index >= 15 is 0 Å². The summed E-state index contributed by atoms with van der Waals surface area (Å²) in [5.41, 5.74) is 0. The molecule has 1 saturated carbocycles. The number of carbonyl (C=O) groups is 1. The van der Waals surface area contributed by atoms with Gasteiger partial charge >= 0.3 is 0 Å². The first kappa shape index (κ1) is 17.8. The molecule has 2 rings (SSSR count). The number of hydrogen-bond acceptors (Lipinski definition) is 2. The Kier molecular flexibility index (Phi) is 6.73. The Balaban J connectivity index is 1.70. The van der Waals surface area contributed by atoms with Gasteiger partial charge in [-0.2, -0.15) is 0 Å². The summed E-state index contributed by atoms with van der Waals surface area (Å²) in [5.74, 6) is 2.27. The van der Waals surface area contributed by atoms with Crippen molar-refractivity contribution in [2.24, 2.45) is 17.8 Å². The standard InChI is InChI=1S/C19H36N2O/c1-5-16-10-12-21(13-11-16)14-17-6-8-18(9-7-17)20(4)19(22)15(2)3/h15-18H,5-14H2,1-4H3. The fourth-order valence-electron chi connectivity index (χ4n) is 4.24. The Labute approximate surface area is 137 Å². The Morgan fingerprint density at radius 1 is 1.05 bits per heavy atom. The van der Waals surface area contributed by atoms with E-state index in [0.29, 0.717) is 11.9 Å². The van der Waals surface area contributed by atoms with Gasteiger partial charge in [0.15, 0.2) is 0 Å². The normalized spacial score (nSPS) is 28.0. The predicted octanol–water partition coefficient (Wildman–Crippen LogP) is 3.78. The van der Waals surface area contributed by atoms with Crippen molar-refractivity contribution in [1.82, 2.24) is 9.80 Å². The maximum Gasteiger partial charge on any atom is 0.225 e. The zero-order chi connectivity index (χ0) is 16.1. The van der Waals surface area contributed by atoms with Crippen LogP contribution in [0.25, 0.3) is 0 Å². The summed E-state index contributed by atoms with van der Waals surface area (Å²) in [6.07, 6.45) is 9.16. The van der Waals surface area contributed by atoms with Crippen LogP contribution < -0.4 is 0 Å². The summed E-state index contributed by atoms with van der Waals surface area (Å²) in [6, 6.07) is 0.483. The van der Waals surface area contributed by atoms with Crippen molar-refractivity contribution in [2.45, 2.75) is 71.8 Å². The molecular formula is C19H36N2O. The average Bonchev–Trinajstić information content (AvgIpc) is 2.55. The first-order chi connectivity index (χ1) is 10.5. The molecule has 3 heteroatoms. The molecule has 1 heterocycles. The summed E-state index contributed by atoms with van der Waals surface area (Å²) in [5, 5.41) is 0. The zero-order valence-corrected chi connectivity index (χ0v) is 15.2. The highest BCUT2D eigenvalue weighted by molar-refractivity contribution is 5.78. The highest BCUT2D eigenvalue weighted by Gasteiger charge is 2.29. The van der Waals surface area contributed by atoms with Gasteiger partial charge in [0, 0.05) is 25.6 Å². The molecule has 22 heavy (non-hydrogen) atoms. The fraction of sp³-hybridized carbons (Fsp3) is 0.947. The van der Waals surface area contributed by atoms with Gasteiger partial charge in [-0.25, -0.2) is 0 Å². The number of amides is 1. The van der Waals surface area contributed by atoms with Crippen molar-refractivity contribution in [1.29, 1.82) is 0 Å². The molecule has 0 atom stereocenters. The lowest BCUT2D eigenvalue weighted by atomic mass is 9.84. The van der Waals surface area contributed by atoms with Gasteiger partial charge in [-0.1, -0.05) is 27.2 Å². The van der Waals surface area contributed by atoms with E-state index in [4.69, 9.17) is 0 Å². The van der Waals surface area contributed by atoms with Gasteiger partial charge in [0.1, 0.15) is 0 Å². The number of piperidine rings is 1. The second kappa shape index (κ2) is 8.33. The van der Waals surface area contributed by atoms with E-state index < -0.39 is 0 Å². The third-order valence-electron chi connectivity index (χ3n) is 6.01. The number of carbonyl (C=O) groups excluding carboxylic acids is 1. The number of hydrogen-bond donors (Lipinski definition) is 0. The van der Waals surface area contributed by atoms with Crippen LogP contribution in [0.5, 0.6) is 0 Å². The van der Waals surface area contributed by atoms with Crippen LogP contribution in [0, 0.1) is 17.8 Å². The smallest absolute Gasteiger partial charge is 0.225 e. The lowest BCUT2D eigenvalue weighted by molar-refractivity contribution is -0.136. The highest BCUT2D eigenvalue weighted by Crippen LogP contribution is 2.29. The van der Waals surface area contributed by atoms with Crippen molar-refractivity contribution in [2.75, 3.05) is 26.7 Å². The number of likely N-dealkylation sites (tertiary alicyclic amines) is 1. The molecular weight excluding hydrogens is 272 g/mol. The molecule has 0 aromatic carbocycles. The summed E-state index contributed by atoms with van der Waals surface area (Å²) in [6.45, 7) is 10.3. The minimum atomic E-state index is 0.127. The maximum atomic E-state index is 12.1. The monoisotopic (exact) mass is 308 g/mol. The lowest BCUT2D eigenvalue weighted by Crippen LogP contribution is -2.43. The summed E-state index contributed by atoms with van der Waals surface area (Å²) in [7, 11) is 2.00. The van der Waals surface area contributed by atoms with Gasteiger partial charge in [0.2, 0.25) is 5.91 Å². The van der Waals surface area contributed by atoms with Crippen LogP contribution >= 0.6 is 0 Å². The Bertz CT molecular complexity index is 339. The van der Waals surface area contributed by atoms with Crippen molar-refractivity contribution >= 4 is 5.91 Å². The van der Waals surface area contributed by atoms with Crippen LogP contribution in [0.4, 0.5) is 0 Å². The first-order valence-electron chi connectivity index (χ1n) is 9.50. The van der Waals surface area contributed by atoms with Crippen molar-refractivity contribution < 1.29 is 4.79 Å². The van der Waals surface area contributed by atoms with Crippen LogP contribution in [0.15, 0.2) is 0 Å². The summed E-state index contributed by atoms with van der Waals surface area (Å²) in [4.78, 5) is 16.8. The van der Waals surface area contributed by atoms with Gasteiger partial charge in [-0.15, -0.1) is 0 Å².